The Kier molecular flexibility index (Phi) is 8.08. The first-order valence-corrected chi connectivity index (χ1v) is 11.6. The number of ether oxygens (including phenoxy) is 1. The molecule has 3 rings (SSSR count). The summed E-state index contributed by atoms with van der Waals surface area (Å²) in [6.07, 6.45) is 8.26. The highest BCUT2D eigenvalue weighted by Crippen LogP contribution is 2.46. The summed E-state index contributed by atoms with van der Waals surface area (Å²) >= 11 is 0. The van der Waals surface area contributed by atoms with Crippen molar-refractivity contribution in [1.82, 2.24) is 8.61 Å². The maximum absolute atomic E-state index is 12.4. The molecule has 170 valence electrons. The summed E-state index contributed by atoms with van der Waals surface area (Å²) in [5, 5.41) is 0. The third kappa shape index (κ3) is 5.98. The second-order valence-electron chi connectivity index (χ2n) is 8.36. The smallest absolute Gasteiger partial charge is 0.303 e. The average Bonchev–Trinajstić information content (AvgIpc) is 2.74. The highest BCUT2D eigenvalue weighted by molar-refractivity contribution is 7.86. The predicted octanol–water partition coefficient (Wildman–Crippen LogP) is 3.29. The van der Waals surface area contributed by atoms with E-state index >= 15 is 0 Å². The monoisotopic (exact) mass is 447 g/mol. The predicted molar refractivity (Wildman–Crippen MR) is 124 cm³/mol. The lowest BCUT2D eigenvalue weighted by Crippen LogP contribution is -2.39. The zero-order chi connectivity index (χ0) is 23.2. The summed E-state index contributed by atoms with van der Waals surface area (Å²) in [7, 11) is 0.801. The quantitative estimate of drug-likeness (QED) is 0.750. The van der Waals surface area contributed by atoms with Crippen molar-refractivity contribution in [3.8, 4) is 0 Å². The normalized spacial score (nSPS) is 17.9. The Labute approximate surface area is 186 Å². The molecule has 2 N–H and O–H groups in total. The van der Waals surface area contributed by atoms with E-state index in [0.29, 0.717) is 17.7 Å². The molecule has 0 spiro atoms. The van der Waals surface area contributed by atoms with Crippen LogP contribution in [0.2, 0.25) is 0 Å². The summed E-state index contributed by atoms with van der Waals surface area (Å²) < 4.78 is 32.1. The molecule has 0 saturated heterocycles. The zero-order valence-corrected chi connectivity index (χ0v) is 19.8. The fraction of sp³-hybridized carbons (Fsp3) is 0.435. The minimum absolute atomic E-state index is 0.346. The lowest BCUT2D eigenvalue weighted by atomic mass is 9.71. The van der Waals surface area contributed by atoms with Crippen molar-refractivity contribution in [3.05, 3.63) is 65.6 Å². The number of nitrogens with zero attached hydrogens (tertiary/aromatic N) is 2. The Morgan fingerprint density at radius 3 is 2.19 bits per heavy atom. The van der Waals surface area contributed by atoms with Crippen LogP contribution in [-0.2, 0) is 19.7 Å². The van der Waals surface area contributed by atoms with E-state index in [-0.39, 0.29) is 0 Å². The van der Waals surface area contributed by atoms with Gasteiger partial charge in [-0.05, 0) is 48.0 Å². The first-order chi connectivity index (χ1) is 14.5. The van der Waals surface area contributed by atoms with Crippen LogP contribution >= 0.6 is 0 Å². The van der Waals surface area contributed by atoms with E-state index in [0.717, 1.165) is 22.0 Å². The van der Waals surface area contributed by atoms with Gasteiger partial charge in [0.05, 0.1) is 12.9 Å². The molecule has 1 heterocycles. The third-order valence-electron chi connectivity index (χ3n) is 5.25. The van der Waals surface area contributed by atoms with Gasteiger partial charge in [-0.25, -0.2) is 0 Å². The van der Waals surface area contributed by atoms with Gasteiger partial charge < -0.3 is 10.5 Å². The Morgan fingerprint density at radius 1 is 1.13 bits per heavy atom. The van der Waals surface area contributed by atoms with E-state index in [1.807, 2.05) is 50.3 Å². The topological polar surface area (TPSA) is 92.9 Å². The molecule has 8 heteroatoms. The Bertz CT molecular complexity index is 969. The molecular weight excluding hydrogens is 414 g/mol. The van der Waals surface area contributed by atoms with Crippen molar-refractivity contribution in [1.29, 1.82) is 0 Å². The van der Waals surface area contributed by atoms with Gasteiger partial charge >= 0.3 is 10.2 Å². The Hall–Kier alpha value is -2.58. The van der Waals surface area contributed by atoms with E-state index in [2.05, 4.69) is 0 Å². The van der Waals surface area contributed by atoms with Crippen LogP contribution in [0.15, 0.2) is 60.0 Å². The lowest BCUT2D eigenvalue weighted by Gasteiger charge is -2.38. The van der Waals surface area contributed by atoms with Crippen LogP contribution in [0.4, 0.5) is 0 Å². The lowest BCUT2D eigenvalue weighted by molar-refractivity contribution is -0.114. The summed E-state index contributed by atoms with van der Waals surface area (Å²) in [5.74, 6) is -0.570. The fourth-order valence-corrected chi connectivity index (χ4v) is 4.53. The van der Waals surface area contributed by atoms with Crippen LogP contribution in [0.1, 0.15) is 38.7 Å². The van der Waals surface area contributed by atoms with E-state index < -0.39 is 21.5 Å². The van der Waals surface area contributed by atoms with Gasteiger partial charge in [-0.15, -0.1) is 0 Å². The standard InChI is InChI=1S/C18H25N3O3S.C5H8O/c1-18(2)12-14(21(5)25(23,24)20(3)4)11-15(17(19)22)16(18)13-9-7-6-8-10-13;1-2-4-6-5-3-1/h6-11H,12H2,1-5H3,(H2,19,22);2,4H,1,3,5H2. The maximum Gasteiger partial charge on any atom is 0.303 e. The number of carbonyl (C=O) groups is 1. The van der Waals surface area contributed by atoms with E-state index in [1.165, 1.54) is 38.3 Å². The third-order valence-corrected chi connectivity index (χ3v) is 7.10. The van der Waals surface area contributed by atoms with Crippen LogP contribution in [-0.4, -0.2) is 50.7 Å². The van der Waals surface area contributed by atoms with E-state index in [4.69, 9.17) is 10.5 Å². The Balaban J connectivity index is 0.000000488. The number of carbonyl (C=O) groups excluding carboxylic acids is 1. The molecule has 0 aromatic heterocycles. The van der Waals surface area contributed by atoms with Crippen LogP contribution in [0.25, 0.3) is 5.57 Å². The number of allylic oxidation sites excluding steroid dienone is 3. The second kappa shape index (κ2) is 10.2. The van der Waals surface area contributed by atoms with Gasteiger partial charge in [-0.3, -0.25) is 9.10 Å². The number of rotatable bonds is 5. The number of nitrogens with two attached hydrogens (primary N) is 1. The van der Waals surface area contributed by atoms with Crippen LogP contribution in [0, 0.1) is 5.41 Å². The molecule has 0 atom stereocenters. The summed E-state index contributed by atoms with van der Waals surface area (Å²) in [6, 6.07) is 9.57. The first-order valence-electron chi connectivity index (χ1n) is 10.2. The van der Waals surface area contributed by atoms with Gasteiger partial charge in [0.1, 0.15) is 0 Å². The molecule has 0 saturated carbocycles. The number of primary amides is 1. The van der Waals surface area contributed by atoms with Crippen molar-refractivity contribution in [2.75, 3.05) is 27.7 Å². The summed E-state index contributed by atoms with van der Waals surface area (Å²) in [4.78, 5) is 12.1. The van der Waals surface area contributed by atoms with Gasteiger partial charge in [0.2, 0.25) is 5.91 Å². The minimum atomic E-state index is -3.63. The van der Waals surface area contributed by atoms with Crippen molar-refractivity contribution in [2.45, 2.75) is 33.1 Å². The SMILES string of the molecule is C1=COCCC1.CN(C)S(=O)(=O)N(C)C1=CC(C(N)=O)=C(c2ccccc2)C(C)(C)C1. The van der Waals surface area contributed by atoms with Gasteiger partial charge in [-0.2, -0.15) is 12.7 Å². The number of hydrogen-bond acceptors (Lipinski definition) is 4. The number of amides is 1. The van der Waals surface area contributed by atoms with Gasteiger partial charge in [-0.1, -0.05) is 44.2 Å². The molecule has 0 fully saturated rings. The maximum atomic E-state index is 12.4. The highest BCUT2D eigenvalue weighted by atomic mass is 32.2. The molecule has 31 heavy (non-hydrogen) atoms. The van der Waals surface area contributed by atoms with Crippen molar-refractivity contribution < 1.29 is 17.9 Å². The molecular formula is C23H33N3O4S. The number of hydrogen-bond donors (Lipinski definition) is 1. The van der Waals surface area contributed by atoms with Crippen LogP contribution in [0.5, 0.6) is 0 Å². The largest absolute Gasteiger partial charge is 0.502 e. The van der Waals surface area contributed by atoms with Crippen molar-refractivity contribution in [2.24, 2.45) is 11.1 Å². The fourth-order valence-electron chi connectivity index (χ4n) is 3.62. The van der Waals surface area contributed by atoms with Gasteiger partial charge in [0.25, 0.3) is 0 Å². The molecule has 2 aliphatic rings. The van der Waals surface area contributed by atoms with Crippen molar-refractivity contribution >= 4 is 21.7 Å². The second-order valence-corrected chi connectivity index (χ2v) is 10.5. The van der Waals surface area contributed by atoms with Gasteiger partial charge in [0, 0.05) is 32.4 Å². The molecule has 0 bridgehead atoms. The summed E-state index contributed by atoms with van der Waals surface area (Å²) in [5.41, 5.74) is 7.80. The van der Waals surface area contributed by atoms with Crippen LogP contribution in [0.3, 0.4) is 0 Å². The molecule has 1 aromatic carbocycles. The molecule has 1 aliphatic carbocycles. The molecule has 1 aliphatic heterocycles. The molecule has 0 unspecified atom stereocenters. The summed E-state index contributed by atoms with van der Waals surface area (Å²) in [6.45, 7) is 4.89. The van der Waals surface area contributed by atoms with Crippen LogP contribution < -0.4 is 5.73 Å². The average molecular weight is 448 g/mol. The first kappa shape index (κ1) is 24.7. The molecule has 7 nitrogen and oxygen atoms in total. The number of benzene rings is 1. The molecule has 1 amide bonds. The highest BCUT2D eigenvalue weighted by Gasteiger charge is 2.36. The van der Waals surface area contributed by atoms with E-state index in [9.17, 15) is 13.2 Å². The minimum Gasteiger partial charge on any atom is -0.502 e. The molecule has 0 radical (unpaired) electrons. The van der Waals surface area contributed by atoms with Crippen molar-refractivity contribution in [3.63, 3.8) is 0 Å². The van der Waals surface area contributed by atoms with Gasteiger partial charge in [0.15, 0.2) is 0 Å². The van der Waals surface area contributed by atoms with E-state index in [1.54, 1.807) is 12.3 Å². The molecule has 1 aromatic rings. The Morgan fingerprint density at radius 2 is 1.77 bits per heavy atom. The zero-order valence-electron chi connectivity index (χ0n) is 19.0.